The SMILES string of the molecule is Nc1ccc(Br)cc1N1CCc2ccccc2C1. The Morgan fingerprint density at radius 2 is 1.83 bits per heavy atom. The van der Waals surface area contributed by atoms with Crippen molar-refractivity contribution in [3.63, 3.8) is 0 Å². The first kappa shape index (κ1) is 11.6. The summed E-state index contributed by atoms with van der Waals surface area (Å²) >= 11 is 3.51. The second-order valence-corrected chi connectivity index (χ2v) is 5.56. The van der Waals surface area contributed by atoms with Crippen molar-refractivity contribution in [1.82, 2.24) is 0 Å². The van der Waals surface area contributed by atoms with Gasteiger partial charge < -0.3 is 10.6 Å². The number of nitrogen functional groups attached to an aromatic ring is 1. The fourth-order valence-corrected chi connectivity index (χ4v) is 2.84. The van der Waals surface area contributed by atoms with E-state index in [-0.39, 0.29) is 0 Å². The lowest BCUT2D eigenvalue weighted by Gasteiger charge is -2.31. The number of nitrogens with two attached hydrogens (primary N) is 1. The molecule has 92 valence electrons. The summed E-state index contributed by atoms with van der Waals surface area (Å²) in [5.74, 6) is 0. The monoisotopic (exact) mass is 302 g/mol. The van der Waals surface area contributed by atoms with Crippen LogP contribution in [-0.4, -0.2) is 6.54 Å². The molecule has 0 unspecified atom stereocenters. The van der Waals surface area contributed by atoms with E-state index in [1.54, 1.807) is 0 Å². The van der Waals surface area contributed by atoms with Crippen molar-refractivity contribution in [3.05, 3.63) is 58.1 Å². The van der Waals surface area contributed by atoms with Gasteiger partial charge in [0.1, 0.15) is 0 Å². The van der Waals surface area contributed by atoms with Crippen molar-refractivity contribution in [2.24, 2.45) is 0 Å². The molecule has 0 saturated carbocycles. The van der Waals surface area contributed by atoms with Gasteiger partial charge in [0.25, 0.3) is 0 Å². The Bertz CT molecular complexity index is 580. The molecule has 0 aliphatic carbocycles. The summed E-state index contributed by atoms with van der Waals surface area (Å²) in [6.45, 7) is 1.97. The highest BCUT2D eigenvalue weighted by atomic mass is 79.9. The maximum absolute atomic E-state index is 6.08. The Morgan fingerprint density at radius 1 is 1.06 bits per heavy atom. The van der Waals surface area contributed by atoms with Crippen LogP contribution in [0.3, 0.4) is 0 Å². The van der Waals surface area contributed by atoms with E-state index in [9.17, 15) is 0 Å². The minimum Gasteiger partial charge on any atom is -0.397 e. The third kappa shape index (κ3) is 2.10. The Balaban J connectivity index is 1.94. The maximum atomic E-state index is 6.08. The lowest BCUT2D eigenvalue weighted by atomic mass is 9.99. The highest BCUT2D eigenvalue weighted by molar-refractivity contribution is 9.10. The van der Waals surface area contributed by atoms with Crippen LogP contribution in [0.25, 0.3) is 0 Å². The van der Waals surface area contributed by atoms with E-state index in [1.807, 2.05) is 12.1 Å². The van der Waals surface area contributed by atoms with Gasteiger partial charge >= 0.3 is 0 Å². The Labute approximate surface area is 116 Å². The molecule has 1 heterocycles. The second-order valence-electron chi connectivity index (χ2n) is 4.64. The van der Waals surface area contributed by atoms with Crippen molar-refractivity contribution in [3.8, 4) is 0 Å². The first-order chi connectivity index (χ1) is 8.74. The van der Waals surface area contributed by atoms with Gasteiger partial charge in [-0.05, 0) is 35.7 Å². The molecule has 2 N–H and O–H groups in total. The van der Waals surface area contributed by atoms with Crippen molar-refractivity contribution in [1.29, 1.82) is 0 Å². The van der Waals surface area contributed by atoms with Crippen LogP contribution in [0.2, 0.25) is 0 Å². The maximum Gasteiger partial charge on any atom is 0.0614 e. The van der Waals surface area contributed by atoms with E-state index >= 15 is 0 Å². The summed E-state index contributed by atoms with van der Waals surface area (Å²) in [7, 11) is 0. The van der Waals surface area contributed by atoms with Crippen LogP contribution in [0.4, 0.5) is 11.4 Å². The largest absolute Gasteiger partial charge is 0.397 e. The predicted molar refractivity (Wildman–Crippen MR) is 79.8 cm³/mol. The molecule has 2 aromatic carbocycles. The van der Waals surface area contributed by atoms with Crippen LogP contribution in [0, 0.1) is 0 Å². The van der Waals surface area contributed by atoms with Gasteiger partial charge in [-0.2, -0.15) is 0 Å². The summed E-state index contributed by atoms with van der Waals surface area (Å²) in [4.78, 5) is 2.35. The minimum atomic E-state index is 0.845. The molecule has 0 amide bonds. The van der Waals surface area contributed by atoms with Crippen molar-refractivity contribution in [2.75, 3.05) is 17.2 Å². The molecule has 0 spiro atoms. The van der Waals surface area contributed by atoms with E-state index in [2.05, 4.69) is 51.2 Å². The van der Waals surface area contributed by atoms with Gasteiger partial charge in [-0.15, -0.1) is 0 Å². The molecule has 3 rings (SSSR count). The molecule has 18 heavy (non-hydrogen) atoms. The van der Waals surface area contributed by atoms with Crippen LogP contribution in [0.15, 0.2) is 46.9 Å². The average molecular weight is 303 g/mol. The minimum absolute atomic E-state index is 0.845. The standard InChI is InChI=1S/C15H15BrN2/c16-13-5-6-14(17)15(9-13)18-8-7-11-3-1-2-4-12(11)10-18/h1-6,9H,7-8,10,17H2. The van der Waals surface area contributed by atoms with Gasteiger partial charge in [-0.1, -0.05) is 40.2 Å². The number of hydrogen-bond acceptors (Lipinski definition) is 2. The van der Waals surface area contributed by atoms with E-state index in [4.69, 9.17) is 5.73 Å². The molecule has 0 fully saturated rings. The Kier molecular flexibility index (Phi) is 3.00. The summed E-state index contributed by atoms with van der Waals surface area (Å²) in [6.07, 6.45) is 1.09. The zero-order valence-electron chi connectivity index (χ0n) is 10.1. The van der Waals surface area contributed by atoms with E-state index < -0.39 is 0 Å². The van der Waals surface area contributed by atoms with Crippen LogP contribution in [0.5, 0.6) is 0 Å². The Hall–Kier alpha value is -1.48. The molecule has 3 heteroatoms. The zero-order chi connectivity index (χ0) is 12.5. The molecule has 2 aromatic rings. The molecule has 0 saturated heterocycles. The van der Waals surface area contributed by atoms with Crippen LogP contribution < -0.4 is 10.6 Å². The van der Waals surface area contributed by atoms with Gasteiger partial charge in [0.2, 0.25) is 0 Å². The van der Waals surface area contributed by atoms with Gasteiger partial charge in [0, 0.05) is 17.6 Å². The smallest absolute Gasteiger partial charge is 0.0614 e. The summed E-state index contributed by atoms with van der Waals surface area (Å²) in [5.41, 5.74) is 10.9. The molecular weight excluding hydrogens is 288 g/mol. The third-order valence-electron chi connectivity index (χ3n) is 3.46. The van der Waals surface area contributed by atoms with Gasteiger partial charge in [0.05, 0.1) is 11.4 Å². The van der Waals surface area contributed by atoms with Crippen LogP contribution in [0.1, 0.15) is 11.1 Å². The molecule has 0 bridgehead atoms. The summed E-state index contributed by atoms with van der Waals surface area (Å²) < 4.78 is 1.07. The summed E-state index contributed by atoms with van der Waals surface area (Å²) in [6, 6.07) is 14.7. The molecule has 2 nitrogen and oxygen atoms in total. The van der Waals surface area contributed by atoms with Gasteiger partial charge in [0.15, 0.2) is 0 Å². The van der Waals surface area contributed by atoms with Gasteiger partial charge in [-0.25, -0.2) is 0 Å². The molecule has 0 aromatic heterocycles. The third-order valence-corrected chi connectivity index (χ3v) is 3.96. The number of benzene rings is 2. The number of anilines is 2. The van der Waals surface area contributed by atoms with Gasteiger partial charge in [-0.3, -0.25) is 0 Å². The highest BCUT2D eigenvalue weighted by Gasteiger charge is 2.17. The van der Waals surface area contributed by atoms with Crippen molar-refractivity contribution >= 4 is 27.3 Å². The van der Waals surface area contributed by atoms with E-state index in [0.717, 1.165) is 35.4 Å². The topological polar surface area (TPSA) is 29.3 Å². The molecule has 1 aliphatic rings. The zero-order valence-corrected chi connectivity index (χ0v) is 11.7. The van der Waals surface area contributed by atoms with Crippen LogP contribution >= 0.6 is 15.9 Å². The fraction of sp³-hybridized carbons (Fsp3) is 0.200. The number of hydrogen-bond donors (Lipinski definition) is 1. The second kappa shape index (κ2) is 4.65. The lowest BCUT2D eigenvalue weighted by Crippen LogP contribution is -2.30. The first-order valence-electron chi connectivity index (χ1n) is 6.11. The lowest BCUT2D eigenvalue weighted by molar-refractivity contribution is 0.732. The van der Waals surface area contributed by atoms with Crippen molar-refractivity contribution < 1.29 is 0 Å². The highest BCUT2D eigenvalue weighted by Crippen LogP contribution is 2.31. The molecule has 0 atom stereocenters. The number of halogens is 1. The molecule has 1 aliphatic heterocycles. The van der Waals surface area contributed by atoms with Crippen molar-refractivity contribution in [2.45, 2.75) is 13.0 Å². The number of fused-ring (bicyclic) bond motifs is 1. The normalized spacial score (nSPS) is 14.4. The molecule has 0 radical (unpaired) electrons. The quantitative estimate of drug-likeness (QED) is 0.816. The first-order valence-corrected chi connectivity index (χ1v) is 6.90. The Morgan fingerprint density at radius 3 is 2.67 bits per heavy atom. The fourth-order valence-electron chi connectivity index (χ4n) is 2.49. The molecular formula is C15H15BrN2. The predicted octanol–water partition coefficient (Wildman–Crippen LogP) is 3.59. The van der Waals surface area contributed by atoms with Crippen LogP contribution in [-0.2, 0) is 13.0 Å². The van der Waals surface area contributed by atoms with E-state index in [1.165, 1.54) is 11.1 Å². The average Bonchev–Trinajstić information content (AvgIpc) is 2.41. The number of nitrogens with zero attached hydrogens (tertiary/aromatic N) is 1. The summed E-state index contributed by atoms with van der Waals surface area (Å²) in [5, 5.41) is 0. The van der Waals surface area contributed by atoms with E-state index in [0.29, 0.717) is 0 Å². The number of rotatable bonds is 1.